The molecule has 2 rings (SSSR count). The topological polar surface area (TPSA) is 75.2 Å². The summed E-state index contributed by atoms with van der Waals surface area (Å²) in [7, 11) is 5.10. The van der Waals surface area contributed by atoms with Crippen LogP contribution in [-0.4, -0.2) is 57.7 Å². The first kappa shape index (κ1) is 25.0. The maximum absolute atomic E-state index is 11.7. The van der Waals surface area contributed by atoms with Gasteiger partial charge in [0, 0.05) is 27.2 Å². The van der Waals surface area contributed by atoms with E-state index in [1.807, 2.05) is 43.3 Å². The minimum atomic E-state index is -0.0732. The molecule has 0 saturated carbocycles. The SMILES string of the molecule is CCNC(=NCc1cccc(OCC(=O)N(C)C)c1)NCCC(C)c1ccc(OC)cc1. The van der Waals surface area contributed by atoms with Crippen molar-refractivity contribution in [3.05, 3.63) is 59.7 Å². The molecule has 32 heavy (non-hydrogen) atoms. The van der Waals surface area contributed by atoms with Crippen molar-refractivity contribution in [2.24, 2.45) is 4.99 Å². The van der Waals surface area contributed by atoms with Gasteiger partial charge < -0.3 is 25.0 Å². The molecule has 1 atom stereocenters. The predicted octanol–water partition coefficient (Wildman–Crippen LogP) is 3.41. The third-order valence-electron chi connectivity index (χ3n) is 5.08. The van der Waals surface area contributed by atoms with Crippen LogP contribution in [0.3, 0.4) is 0 Å². The van der Waals surface area contributed by atoms with Gasteiger partial charge in [-0.3, -0.25) is 4.79 Å². The first-order valence-corrected chi connectivity index (χ1v) is 11.0. The van der Waals surface area contributed by atoms with E-state index in [0.717, 1.165) is 36.8 Å². The Morgan fingerprint density at radius 2 is 1.84 bits per heavy atom. The van der Waals surface area contributed by atoms with Crippen LogP contribution in [0.15, 0.2) is 53.5 Å². The first-order chi connectivity index (χ1) is 15.4. The fourth-order valence-corrected chi connectivity index (χ4v) is 3.03. The number of nitrogens with zero attached hydrogens (tertiary/aromatic N) is 2. The van der Waals surface area contributed by atoms with E-state index >= 15 is 0 Å². The zero-order valence-electron chi connectivity index (χ0n) is 19.9. The van der Waals surface area contributed by atoms with E-state index in [1.54, 1.807) is 21.2 Å². The molecule has 1 amide bonds. The zero-order valence-corrected chi connectivity index (χ0v) is 19.9. The molecule has 0 spiro atoms. The summed E-state index contributed by atoms with van der Waals surface area (Å²) in [4.78, 5) is 17.9. The van der Waals surface area contributed by atoms with E-state index in [-0.39, 0.29) is 12.5 Å². The van der Waals surface area contributed by atoms with Gasteiger partial charge in [0.05, 0.1) is 13.7 Å². The van der Waals surface area contributed by atoms with E-state index in [9.17, 15) is 4.79 Å². The molecule has 0 aromatic heterocycles. The third kappa shape index (κ3) is 8.49. The van der Waals surface area contributed by atoms with Crippen molar-refractivity contribution in [3.8, 4) is 11.5 Å². The first-order valence-electron chi connectivity index (χ1n) is 11.0. The van der Waals surface area contributed by atoms with Crippen LogP contribution in [0.1, 0.15) is 37.3 Å². The minimum Gasteiger partial charge on any atom is -0.497 e. The summed E-state index contributed by atoms with van der Waals surface area (Å²) in [6.07, 6.45) is 0.986. The van der Waals surface area contributed by atoms with Gasteiger partial charge in [-0.25, -0.2) is 4.99 Å². The Hall–Kier alpha value is -3.22. The molecule has 0 aliphatic rings. The van der Waals surface area contributed by atoms with Gasteiger partial charge in [0.15, 0.2) is 12.6 Å². The van der Waals surface area contributed by atoms with Gasteiger partial charge in [0.1, 0.15) is 11.5 Å². The molecule has 0 fully saturated rings. The van der Waals surface area contributed by atoms with Crippen molar-refractivity contribution in [2.45, 2.75) is 32.7 Å². The number of ether oxygens (including phenoxy) is 2. The van der Waals surface area contributed by atoms with E-state index < -0.39 is 0 Å². The number of amides is 1. The number of carbonyl (C=O) groups is 1. The number of nitrogens with one attached hydrogen (secondary N) is 2. The number of methoxy groups -OCH3 is 1. The van der Waals surface area contributed by atoms with E-state index in [4.69, 9.17) is 9.47 Å². The highest BCUT2D eigenvalue weighted by Crippen LogP contribution is 2.21. The monoisotopic (exact) mass is 440 g/mol. The van der Waals surface area contributed by atoms with Crippen molar-refractivity contribution < 1.29 is 14.3 Å². The second-order valence-electron chi connectivity index (χ2n) is 7.81. The molecule has 174 valence electrons. The molecule has 7 heteroatoms. The van der Waals surface area contributed by atoms with E-state index in [0.29, 0.717) is 18.2 Å². The van der Waals surface area contributed by atoms with Gasteiger partial charge in [-0.2, -0.15) is 0 Å². The van der Waals surface area contributed by atoms with Crippen molar-refractivity contribution in [1.82, 2.24) is 15.5 Å². The van der Waals surface area contributed by atoms with Gasteiger partial charge in [0.25, 0.3) is 5.91 Å². The summed E-state index contributed by atoms with van der Waals surface area (Å²) in [6.45, 7) is 6.41. The number of carbonyl (C=O) groups excluding carboxylic acids is 1. The lowest BCUT2D eigenvalue weighted by Gasteiger charge is -2.15. The number of aliphatic imine (C=N–C) groups is 1. The lowest BCUT2D eigenvalue weighted by Crippen LogP contribution is -2.38. The fraction of sp³-hybridized carbons (Fsp3) is 0.440. The quantitative estimate of drug-likeness (QED) is 0.414. The lowest BCUT2D eigenvalue weighted by molar-refractivity contribution is -0.130. The Labute approximate surface area is 191 Å². The van der Waals surface area contributed by atoms with Gasteiger partial charge in [-0.1, -0.05) is 31.2 Å². The van der Waals surface area contributed by atoms with Crippen molar-refractivity contribution in [3.63, 3.8) is 0 Å². The summed E-state index contributed by atoms with van der Waals surface area (Å²) in [5.74, 6) is 2.67. The molecular weight excluding hydrogens is 404 g/mol. The second-order valence-corrected chi connectivity index (χ2v) is 7.81. The van der Waals surface area contributed by atoms with E-state index in [2.05, 4.69) is 34.7 Å². The van der Waals surface area contributed by atoms with Crippen LogP contribution in [0.2, 0.25) is 0 Å². The van der Waals surface area contributed by atoms with Crippen molar-refractivity contribution >= 4 is 11.9 Å². The maximum atomic E-state index is 11.7. The smallest absolute Gasteiger partial charge is 0.259 e. The predicted molar refractivity (Wildman–Crippen MR) is 129 cm³/mol. The number of rotatable bonds is 11. The lowest BCUT2D eigenvalue weighted by atomic mass is 9.98. The van der Waals surface area contributed by atoms with Crippen molar-refractivity contribution in [2.75, 3.05) is 40.9 Å². The highest BCUT2D eigenvalue weighted by Gasteiger charge is 2.07. The fourth-order valence-electron chi connectivity index (χ4n) is 3.03. The third-order valence-corrected chi connectivity index (χ3v) is 5.08. The molecule has 0 saturated heterocycles. The zero-order chi connectivity index (χ0) is 23.3. The van der Waals surface area contributed by atoms with Crippen LogP contribution in [-0.2, 0) is 11.3 Å². The summed E-state index contributed by atoms with van der Waals surface area (Å²) in [5.41, 5.74) is 2.31. The number of hydrogen-bond donors (Lipinski definition) is 2. The molecule has 0 heterocycles. The number of hydrogen-bond acceptors (Lipinski definition) is 4. The van der Waals surface area contributed by atoms with Gasteiger partial charge in [-0.05, 0) is 54.7 Å². The maximum Gasteiger partial charge on any atom is 0.259 e. The molecular formula is C25H36N4O3. The van der Waals surface area contributed by atoms with Crippen LogP contribution in [0.5, 0.6) is 11.5 Å². The molecule has 1 unspecified atom stereocenters. The van der Waals surface area contributed by atoms with Gasteiger partial charge in [0.2, 0.25) is 0 Å². The average Bonchev–Trinajstić information content (AvgIpc) is 2.81. The largest absolute Gasteiger partial charge is 0.497 e. The Bertz CT molecular complexity index is 866. The molecule has 0 bridgehead atoms. The minimum absolute atomic E-state index is 0.0241. The Morgan fingerprint density at radius 1 is 1.09 bits per heavy atom. The van der Waals surface area contributed by atoms with Crippen LogP contribution in [0, 0.1) is 0 Å². The van der Waals surface area contributed by atoms with E-state index in [1.165, 1.54) is 10.5 Å². The molecule has 2 aromatic carbocycles. The summed E-state index contributed by atoms with van der Waals surface area (Å²) < 4.78 is 10.8. The van der Waals surface area contributed by atoms with Gasteiger partial charge in [-0.15, -0.1) is 0 Å². The van der Waals surface area contributed by atoms with Gasteiger partial charge >= 0.3 is 0 Å². The average molecular weight is 441 g/mol. The molecule has 2 aromatic rings. The highest BCUT2D eigenvalue weighted by atomic mass is 16.5. The number of guanidine groups is 1. The van der Waals surface area contributed by atoms with Crippen LogP contribution in [0.4, 0.5) is 0 Å². The molecule has 2 N–H and O–H groups in total. The standard InChI is InChI=1S/C25H36N4O3/c1-6-26-25(27-15-14-19(2)21-10-12-22(31-5)13-11-21)28-17-20-8-7-9-23(16-20)32-18-24(30)29(3)4/h7-13,16,19H,6,14-15,17-18H2,1-5H3,(H2,26,27,28). The van der Waals surface area contributed by atoms with Crippen LogP contribution < -0.4 is 20.1 Å². The second kappa shape index (κ2) is 13.2. The summed E-state index contributed by atoms with van der Waals surface area (Å²) >= 11 is 0. The Morgan fingerprint density at radius 3 is 2.50 bits per heavy atom. The van der Waals surface area contributed by atoms with Crippen LogP contribution in [0.25, 0.3) is 0 Å². The number of benzene rings is 2. The molecule has 0 aliphatic carbocycles. The normalized spacial score (nSPS) is 12.1. The summed E-state index contributed by atoms with van der Waals surface area (Å²) in [5, 5.41) is 6.70. The number of likely N-dealkylation sites (N-methyl/N-ethyl adjacent to an activating group) is 1. The highest BCUT2D eigenvalue weighted by molar-refractivity contribution is 5.79. The van der Waals surface area contributed by atoms with Crippen molar-refractivity contribution in [1.29, 1.82) is 0 Å². The molecule has 7 nitrogen and oxygen atoms in total. The Balaban J connectivity index is 1.87. The van der Waals surface area contributed by atoms with Crippen LogP contribution >= 0.6 is 0 Å². The molecule has 0 aliphatic heterocycles. The Kier molecular flexibility index (Phi) is 10.4. The molecule has 0 radical (unpaired) electrons. The summed E-state index contributed by atoms with van der Waals surface area (Å²) in [6, 6.07) is 15.9.